The van der Waals surface area contributed by atoms with Crippen LogP contribution in [0.2, 0.25) is 0 Å². The number of anilines is 1. The lowest BCUT2D eigenvalue weighted by Gasteiger charge is -2.19. The lowest BCUT2D eigenvalue weighted by atomic mass is 10.2. The minimum atomic E-state index is 0.752. The Morgan fingerprint density at radius 2 is 2.25 bits per heavy atom. The quantitative estimate of drug-likeness (QED) is 0.553. The van der Waals surface area contributed by atoms with E-state index in [2.05, 4.69) is 42.9 Å². The number of nitrogens with one attached hydrogen (secondary N) is 1. The highest BCUT2D eigenvalue weighted by Gasteiger charge is 2.20. The molecule has 0 saturated heterocycles. The average Bonchev–Trinajstić information content (AvgIpc) is 3.29. The van der Waals surface area contributed by atoms with Crippen LogP contribution in [0.25, 0.3) is 0 Å². The van der Waals surface area contributed by atoms with Crippen LogP contribution >= 0.6 is 0 Å². The van der Waals surface area contributed by atoms with Crippen molar-refractivity contribution in [2.75, 3.05) is 18.5 Å². The van der Waals surface area contributed by atoms with Gasteiger partial charge < -0.3 is 10.2 Å². The van der Waals surface area contributed by atoms with Crippen LogP contribution in [-0.4, -0.2) is 24.6 Å². The molecule has 1 aromatic heterocycles. The summed E-state index contributed by atoms with van der Waals surface area (Å²) in [5, 5.41) is 3.58. The first-order valence-electron chi connectivity index (χ1n) is 7.78. The van der Waals surface area contributed by atoms with Crippen LogP contribution in [0, 0.1) is 0 Å². The molecular weight excluding hydrogens is 246 g/mol. The molecule has 3 heteroatoms. The number of nitrogens with zero attached hydrogens (tertiary/aromatic N) is 2. The molecule has 0 unspecified atom stereocenters. The maximum Gasteiger partial charge on any atom is 0.128 e. The second kappa shape index (κ2) is 7.44. The van der Waals surface area contributed by atoms with Gasteiger partial charge in [-0.05, 0) is 49.8 Å². The molecule has 1 aliphatic carbocycles. The van der Waals surface area contributed by atoms with Crippen molar-refractivity contribution in [1.82, 2.24) is 10.3 Å². The van der Waals surface area contributed by atoms with Gasteiger partial charge in [-0.2, -0.15) is 0 Å². The summed E-state index contributed by atoms with van der Waals surface area (Å²) in [5.41, 5.74) is 2.54. The van der Waals surface area contributed by atoms with Gasteiger partial charge in [-0.15, -0.1) is 6.58 Å². The maximum atomic E-state index is 4.75. The van der Waals surface area contributed by atoms with Crippen molar-refractivity contribution in [2.24, 2.45) is 0 Å². The Morgan fingerprint density at radius 1 is 1.45 bits per heavy atom. The van der Waals surface area contributed by atoms with E-state index in [0.717, 1.165) is 44.2 Å². The number of pyridine rings is 1. The average molecular weight is 273 g/mol. The zero-order chi connectivity index (χ0) is 14.4. The Morgan fingerprint density at radius 3 is 2.90 bits per heavy atom. The van der Waals surface area contributed by atoms with Gasteiger partial charge in [0.2, 0.25) is 0 Å². The van der Waals surface area contributed by atoms with Crippen molar-refractivity contribution in [2.45, 2.75) is 51.6 Å². The van der Waals surface area contributed by atoms with Gasteiger partial charge in [-0.1, -0.05) is 13.0 Å². The van der Waals surface area contributed by atoms with Gasteiger partial charge in [-0.3, -0.25) is 0 Å². The molecule has 0 aromatic carbocycles. The van der Waals surface area contributed by atoms with E-state index in [0.29, 0.717) is 0 Å². The summed E-state index contributed by atoms with van der Waals surface area (Å²) in [6, 6.07) is 5.21. The zero-order valence-corrected chi connectivity index (χ0v) is 12.9. The standard InChI is InChI=1S/C17H27N3/c1-4-6-7-10-20(3)17-12-14(11-15(5-2)19-17)13-18-16-8-9-16/h4,11-12,16,18H,1,5-10,13H2,2-3H3. The van der Waals surface area contributed by atoms with Gasteiger partial charge in [0.15, 0.2) is 0 Å². The van der Waals surface area contributed by atoms with Crippen LogP contribution in [0.5, 0.6) is 0 Å². The molecule has 1 N–H and O–H groups in total. The summed E-state index contributed by atoms with van der Waals surface area (Å²) >= 11 is 0. The molecule has 1 fully saturated rings. The first-order chi connectivity index (χ1) is 9.72. The summed E-state index contributed by atoms with van der Waals surface area (Å²) in [4.78, 5) is 7.00. The van der Waals surface area contributed by atoms with Crippen LogP contribution in [0.1, 0.15) is 43.9 Å². The van der Waals surface area contributed by atoms with Gasteiger partial charge in [0.25, 0.3) is 0 Å². The Hall–Kier alpha value is -1.35. The Labute approximate surface area is 123 Å². The normalized spacial score (nSPS) is 14.3. The highest BCUT2D eigenvalue weighted by atomic mass is 15.2. The van der Waals surface area contributed by atoms with Gasteiger partial charge in [0.1, 0.15) is 5.82 Å². The summed E-state index contributed by atoms with van der Waals surface area (Å²) < 4.78 is 0. The third kappa shape index (κ3) is 4.64. The molecule has 0 atom stereocenters. The first-order valence-corrected chi connectivity index (χ1v) is 7.78. The molecule has 0 bridgehead atoms. The number of allylic oxidation sites excluding steroid dienone is 1. The SMILES string of the molecule is C=CCCCN(C)c1cc(CNC2CC2)cc(CC)n1. The number of hydrogen-bond acceptors (Lipinski definition) is 3. The highest BCUT2D eigenvalue weighted by molar-refractivity contribution is 5.42. The molecule has 2 rings (SSSR count). The van der Waals surface area contributed by atoms with E-state index in [-0.39, 0.29) is 0 Å². The lowest BCUT2D eigenvalue weighted by molar-refractivity contribution is 0.685. The molecule has 3 nitrogen and oxygen atoms in total. The molecule has 0 amide bonds. The molecular formula is C17H27N3. The summed E-state index contributed by atoms with van der Waals surface area (Å²) in [6.45, 7) is 7.94. The Kier molecular flexibility index (Phi) is 5.60. The monoisotopic (exact) mass is 273 g/mol. The number of rotatable bonds is 9. The van der Waals surface area contributed by atoms with Crippen molar-refractivity contribution in [3.63, 3.8) is 0 Å². The van der Waals surface area contributed by atoms with E-state index < -0.39 is 0 Å². The van der Waals surface area contributed by atoms with E-state index in [1.807, 2.05) is 6.08 Å². The highest BCUT2D eigenvalue weighted by Crippen LogP contribution is 2.20. The van der Waals surface area contributed by atoms with Crippen molar-refractivity contribution in [3.05, 3.63) is 36.0 Å². The summed E-state index contributed by atoms with van der Waals surface area (Å²) in [6.07, 6.45) is 7.83. The second-order valence-electron chi connectivity index (χ2n) is 5.69. The van der Waals surface area contributed by atoms with Crippen LogP contribution in [0.15, 0.2) is 24.8 Å². The van der Waals surface area contributed by atoms with E-state index in [9.17, 15) is 0 Å². The fourth-order valence-corrected chi connectivity index (χ4v) is 2.25. The van der Waals surface area contributed by atoms with Crippen LogP contribution in [0.3, 0.4) is 0 Å². The molecule has 0 aliphatic heterocycles. The number of hydrogen-bond donors (Lipinski definition) is 1. The molecule has 0 radical (unpaired) electrons. The molecule has 110 valence electrons. The predicted molar refractivity (Wildman–Crippen MR) is 86.2 cm³/mol. The van der Waals surface area contributed by atoms with E-state index in [1.54, 1.807) is 0 Å². The first kappa shape index (κ1) is 15.0. The fourth-order valence-electron chi connectivity index (χ4n) is 2.25. The van der Waals surface area contributed by atoms with Gasteiger partial charge in [-0.25, -0.2) is 4.98 Å². The van der Waals surface area contributed by atoms with Gasteiger partial charge >= 0.3 is 0 Å². The Balaban J connectivity index is 2.01. The zero-order valence-electron chi connectivity index (χ0n) is 12.9. The number of unbranched alkanes of at least 4 members (excludes halogenated alkanes) is 1. The second-order valence-corrected chi connectivity index (χ2v) is 5.69. The smallest absolute Gasteiger partial charge is 0.128 e. The van der Waals surface area contributed by atoms with Crippen molar-refractivity contribution in [1.29, 1.82) is 0 Å². The minimum Gasteiger partial charge on any atom is -0.360 e. The lowest BCUT2D eigenvalue weighted by Crippen LogP contribution is -2.21. The maximum absolute atomic E-state index is 4.75. The van der Waals surface area contributed by atoms with E-state index in [4.69, 9.17) is 4.98 Å². The van der Waals surface area contributed by atoms with Gasteiger partial charge in [0, 0.05) is 31.9 Å². The number of aryl methyl sites for hydroxylation is 1. The largest absolute Gasteiger partial charge is 0.360 e. The van der Waals surface area contributed by atoms with Crippen LogP contribution < -0.4 is 10.2 Å². The fraction of sp³-hybridized carbons (Fsp3) is 0.588. The topological polar surface area (TPSA) is 28.2 Å². The molecule has 1 aliphatic rings. The number of aromatic nitrogens is 1. The minimum absolute atomic E-state index is 0.752. The third-order valence-electron chi connectivity index (χ3n) is 3.75. The van der Waals surface area contributed by atoms with Crippen LogP contribution in [-0.2, 0) is 13.0 Å². The molecule has 1 aromatic rings. The predicted octanol–water partition coefficient (Wildman–Crippen LogP) is 3.30. The third-order valence-corrected chi connectivity index (χ3v) is 3.75. The Bertz CT molecular complexity index is 438. The van der Waals surface area contributed by atoms with Crippen LogP contribution in [0.4, 0.5) is 5.82 Å². The molecule has 1 saturated carbocycles. The summed E-state index contributed by atoms with van der Waals surface area (Å²) in [5.74, 6) is 1.10. The van der Waals surface area contributed by atoms with Crippen molar-refractivity contribution in [3.8, 4) is 0 Å². The van der Waals surface area contributed by atoms with Crippen molar-refractivity contribution < 1.29 is 0 Å². The van der Waals surface area contributed by atoms with E-state index in [1.165, 1.54) is 24.1 Å². The van der Waals surface area contributed by atoms with E-state index >= 15 is 0 Å². The molecule has 20 heavy (non-hydrogen) atoms. The molecule has 0 spiro atoms. The van der Waals surface area contributed by atoms with Crippen molar-refractivity contribution >= 4 is 5.82 Å². The molecule has 1 heterocycles. The summed E-state index contributed by atoms with van der Waals surface area (Å²) in [7, 11) is 2.13. The van der Waals surface area contributed by atoms with Gasteiger partial charge in [0.05, 0.1) is 0 Å².